The Morgan fingerprint density at radius 3 is 2.50 bits per heavy atom. The number of carboxylic acid groups (broad SMARTS) is 1. The highest BCUT2D eigenvalue weighted by Crippen LogP contribution is 2.25. The normalized spacial score (nSPS) is 32.2. The Hall–Kier alpha value is -0.360. The third-order valence-corrected chi connectivity index (χ3v) is 5.17. The van der Waals surface area contributed by atoms with E-state index in [1.807, 2.05) is 6.92 Å². The average molecular weight is 335 g/mol. The zero-order chi connectivity index (χ0) is 15.4. The highest BCUT2D eigenvalue weighted by Gasteiger charge is 2.36. The molecule has 22 heavy (non-hydrogen) atoms. The number of hydrogen-bond donors (Lipinski definition) is 3. The van der Waals surface area contributed by atoms with Crippen LogP contribution >= 0.6 is 12.4 Å². The molecule has 2 unspecified atom stereocenters. The molecule has 1 saturated carbocycles. The predicted molar refractivity (Wildman–Crippen MR) is 89.2 cm³/mol. The van der Waals surface area contributed by atoms with Gasteiger partial charge in [0.1, 0.15) is 12.3 Å². The molecule has 0 spiro atoms. The van der Waals surface area contributed by atoms with Crippen LogP contribution in [0.15, 0.2) is 0 Å². The average Bonchev–Trinajstić information content (AvgIpc) is 2.95. The first-order valence-electron chi connectivity index (χ1n) is 8.39. The fourth-order valence-corrected chi connectivity index (χ4v) is 3.62. The number of likely N-dealkylation sites (tertiary alicyclic amines) is 1. The molecule has 1 saturated heterocycles. The van der Waals surface area contributed by atoms with E-state index in [1.165, 1.54) is 25.7 Å². The maximum absolute atomic E-state index is 11.2. The molecule has 6 heteroatoms. The van der Waals surface area contributed by atoms with Crippen LogP contribution in [-0.2, 0) is 4.79 Å². The van der Waals surface area contributed by atoms with Crippen LogP contribution in [0.2, 0.25) is 0 Å². The van der Waals surface area contributed by atoms with E-state index in [2.05, 4.69) is 12.2 Å². The molecule has 0 radical (unpaired) electrons. The van der Waals surface area contributed by atoms with Gasteiger partial charge in [0.05, 0.1) is 0 Å². The van der Waals surface area contributed by atoms with E-state index in [-0.39, 0.29) is 18.3 Å². The number of aliphatic hydroxyl groups excluding tert-OH is 1. The van der Waals surface area contributed by atoms with Gasteiger partial charge in [0.15, 0.2) is 0 Å². The smallest absolute Gasteiger partial charge is 0.320 e. The van der Waals surface area contributed by atoms with E-state index >= 15 is 0 Å². The van der Waals surface area contributed by atoms with Crippen molar-refractivity contribution in [1.82, 2.24) is 10.2 Å². The first kappa shape index (κ1) is 19.7. The number of nitrogens with one attached hydrogen (secondary N) is 1. The van der Waals surface area contributed by atoms with Gasteiger partial charge in [-0.15, -0.1) is 12.4 Å². The van der Waals surface area contributed by atoms with Gasteiger partial charge in [0.2, 0.25) is 0 Å². The molecule has 2 aliphatic rings. The minimum atomic E-state index is -0.812. The van der Waals surface area contributed by atoms with E-state index in [0.717, 1.165) is 18.9 Å². The van der Waals surface area contributed by atoms with Crippen molar-refractivity contribution in [2.24, 2.45) is 11.8 Å². The van der Waals surface area contributed by atoms with Gasteiger partial charge in [0, 0.05) is 25.0 Å². The first-order chi connectivity index (χ1) is 9.99. The third kappa shape index (κ3) is 5.08. The number of aliphatic hydroxyl groups is 1. The summed E-state index contributed by atoms with van der Waals surface area (Å²) in [7, 11) is 0. The quantitative estimate of drug-likeness (QED) is 0.693. The van der Waals surface area contributed by atoms with Crippen molar-refractivity contribution in [2.75, 3.05) is 13.1 Å². The lowest BCUT2D eigenvalue weighted by atomic mass is 9.87. The van der Waals surface area contributed by atoms with Crippen molar-refractivity contribution < 1.29 is 15.0 Å². The van der Waals surface area contributed by atoms with Gasteiger partial charge in [-0.3, -0.25) is 9.69 Å². The predicted octanol–water partition coefficient (Wildman–Crippen LogP) is 2.08. The van der Waals surface area contributed by atoms with Crippen LogP contribution in [0.4, 0.5) is 0 Å². The Kier molecular flexibility index (Phi) is 8.11. The zero-order valence-electron chi connectivity index (χ0n) is 13.7. The summed E-state index contributed by atoms with van der Waals surface area (Å²) >= 11 is 0. The second-order valence-electron chi connectivity index (χ2n) is 6.99. The molecule has 0 aromatic heterocycles. The van der Waals surface area contributed by atoms with E-state index in [0.29, 0.717) is 19.0 Å². The van der Waals surface area contributed by atoms with Crippen molar-refractivity contribution >= 4 is 18.4 Å². The number of carboxylic acids is 1. The molecule has 0 aromatic rings. The molecule has 2 rings (SSSR count). The number of aliphatic carboxylic acids is 1. The van der Waals surface area contributed by atoms with Crippen LogP contribution in [0.3, 0.4) is 0 Å². The van der Waals surface area contributed by atoms with E-state index in [9.17, 15) is 15.0 Å². The number of hydrogen-bond acceptors (Lipinski definition) is 4. The Morgan fingerprint density at radius 2 is 1.91 bits per heavy atom. The molecule has 0 bridgehead atoms. The van der Waals surface area contributed by atoms with Crippen LogP contribution < -0.4 is 5.32 Å². The SMILES string of the molecule is CC1CCC(NCC(C)C(O)N2CCC[C@H]2C(=O)O)CC1.Cl. The largest absolute Gasteiger partial charge is 0.480 e. The fourth-order valence-electron chi connectivity index (χ4n) is 3.62. The van der Waals surface area contributed by atoms with Crippen molar-refractivity contribution in [3.05, 3.63) is 0 Å². The number of rotatable bonds is 6. The molecule has 2 fully saturated rings. The summed E-state index contributed by atoms with van der Waals surface area (Å²) in [5, 5.41) is 23.2. The summed E-state index contributed by atoms with van der Waals surface area (Å²) in [5.41, 5.74) is 0. The summed E-state index contributed by atoms with van der Waals surface area (Å²) in [5.74, 6) is 0.0734. The molecule has 0 amide bonds. The summed E-state index contributed by atoms with van der Waals surface area (Å²) in [6, 6.07) is 0.0441. The van der Waals surface area contributed by atoms with Crippen molar-refractivity contribution in [1.29, 1.82) is 0 Å². The Labute approximate surface area is 139 Å². The fraction of sp³-hybridized carbons (Fsp3) is 0.938. The van der Waals surface area contributed by atoms with Gasteiger partial charge < -0.3 is 15.5 Å². The van der Waals surface area contributed by atoms with E-state index in [4.69, 9.17) is 0 Å². The maximum atomic E-state index is 11.2. The van der Waals surface area contributed by atoms with Crippen LogP contribution in [0.5, 0.6) is 0 Å². The monoisotopic (exact) mass is 334 g/mol. The molecule has 3 N–H and O–H groups in total. The molecule has 3 atom stereocenters. The van der Waals surface area contributed by atoms with E-state index < -0.39 is 18.2 Å². The van der Waals surface area contributed by atoms with Crippen LogP contribution in [0, 0.1) is 11.8 Å². The van der Waals surface area contributed by atoms with Gasteiger partial charge in [-0.05, 0) is 44.4 Å². The van der Waals surface area contributed by atoms with Gasteiger partial charge in [-0.1, -0.05) is 13.8 Å². The first-order valence-corrected chi connectivity index (χ1v) is 8.39. The van der Waals surface area contributed by atoms with Gasteiger partial charge >= 0.3 is 5.97 Å². The summed E-state index contributed by atoms with van der Waals surface area (Å²) in [4.78, 5) is 13.0. The Balaban J connectivity index is 0.00000242. The summed E-state index contributed by atoms with van der Waals surface area (Å²) in [6.07, 6.45) is 5.83. The highest BCUT2D eigenvalue weighted by atomic mass is 35.5. The van der Waals surface area contributed by atoms with Crippen molar-refractivity contribution in [3.8, 4) is 0 Å². The number of carbonyl (C=O) groups is 1. The number of nitrogens with zero attached hydrogens (tertiary/aromatic N) is 1. The molecule has 1 heterocycles. The second kappa shape index (κ2) is 9.06. The lowest BCUT2D eigenvalue weighted by Crippen LogP contribution is -2.49. The van der Waals surface area contributed by atoms with Gasteiger partial charge in [-0.2, -0.15) is 0 Å². The molecular weight excluding hydrogens is 304 g/mol. The topological polar surface area (TPSA) is 72.8 Å². The lowest BCUT2D eigenvalue weighted by Gasteiger charge is -2.33. The Morgan fingerprint density at radius 1 is 1.27 bits per heavy atom. The lowest BCUT2D eigenvalue weighted by molar-refractivity contribution is -0.147. The molecule has 1 aliphatic heterocycles. The number of halogens is 1. The summed E-state index contributed by atoms with van der Waals surface area (Å²) < 4.78 is 0. The van der Waals surface area contributed by atoms with Crippen molar-refractivity contribution in [2.45, 2.75) is 70.7 Å². The molecule has 1 aliphatic carbocycles. The van der Waals surface area contributed by atoms with E-state index in [1.54, 1.807) is 4.90 Å². The highest BCUT2D eigenvalue weighted by molar-refractivity contribution is 5.85. The standard InChI is InChI=1S/C16H30N2O3.ClH/c1-11-5-7-13(8-6-11)17-10-12(2)15(19)18-9-3-4-14(18)16(20)21;/h11-15,17,19H,3-10H2,1-2H3,(H,20,21);1H/t11?,12?,13?,14-,15?;/m0./s1. The van der Waals surface area contributed by atoms with Crippen LogP contribution in [-0.4, -0.2) is 52.5 Å². The molecule has 130 valence electrons. The minimum absolute atomic E-state index is 0. The molecule has 5 nitrogen and oxygen atoms in total. The minimum Gasteiger partial charge on any atom is -0.480 e. The summed E-state index contributed by atoms with van der Waals surface area (Å²) in [6.45, 7) is 5.74. The van der Waals surface area contributed by atoms with Crippen molar-refractivity contribution in [3.63, 3.8) is 0 Å². The zero-order valence-corrected chi connectivity index (χ0v) is 14.5. The molecular formula is C16H31ClN2O3. The van der Waals surface area contributed by atoms with Crippen LogP contribution in [0.25, 0.3) is 0 Å². The maximum Gasteiger partial charge on any atom is 0.320 e. The second-order valence-corrected chi connectivity index (χ2v) is 6.99. The van der Waals surface area contributed by atoms with Crippen LogP contribution in [0.1, 0.15) is 52.4 Å². The Bertz CT molecular complexity index is 348. The van der Waals surface area contributed by atoms with Gasteiger partial charge in [0.25, 0.3) is 0 Å². The van der Waals surface area contributed by atoms with Gasteiger partial charge in [-0.25, -0.2) is 0 Å². The molecule has 0 aromatic carbocycles. The third-order valence-electron chi connectivity index (χ3n) is 5.17.